The number of ether oxygens (including phenoxy) is 1. The van der Waals surface area contributed by atoms with Crippen molar-refractivity contribution in [2.24, 2.45) is 0 Å². The van der Waals surface area contributed by atoms with E-state index in [2.05, 4.69) is 16.8 Å². The molecule has 1 fully saturated rings. The Morgan fingerprint density at radius 3 is 2.55 bits per heavy atom. The van der Waals surface area contributed by atoms with Crippen LogP contribution in [0.25, 0.3) is 0 Å². The number of hydrogen-bond acceptors (Lipinski definition) is 5. The maximum absolute atomic E-state index is 12.1. The smallest absolute Gasteiger partial charge is 0.340 e. The number of benzene rings is 1. The van der Waals surface area contributed by atoms with Crippen molar-refractivity contribution in [1.29, 1.82) is 0 Å². The normalized spacial score (nSPS) is 17.2. The summed E-state index contributed by atoms with van der Waals surface area (Å²) in [5.41, 5.74) is 7.54. The molecule has 2 rings (SSSR count). The zero-order chi connectivity index (χ0) is 16.3. The van der Waals surface area contributed by atoms with Gasteiger partial charge in [0.2, 0.25) is 0 Å². The molecule has 0 aliphatic carbocycles. The van der Waals surface area contributed by atoms with Crippen LogP contribution in [0.2, 0.25) is 0 Å². The minimum absolute atomic E-state index is 0.368. The van der Waals surface area contributed by atoms with E-state index in [4.69, 9.17) is 10.5 Å². The Kier molecular flexibility index (Phi) is 4.96. The van der Waals surface area contributed by atoms with Gasteiger partial charge in [-0.3, -0.25) is 0 Å². The van der Waals surface area contributed by atoms with Gasteiger partial charge >= 0.3 is 5.97 Å². The van der Waals surface area contributed by atoms with Crippen molar-refractivity contribution >= 4 is 17.3 Å². The third-order valence-corrected chi connectivity index (χ3v) is 3.74. The number of anilines is 2. The third kappa shape index (κ3) is 4.37. The molecule has 1 aromatic carbocycles. The van der Waals surface area contributed by atoms with E-state index in [9.17, 15) is 4.79 Å². The molecule has 0 spiro atoms. The molecule has 5 nitrogen and oxygen atoms in total. The van der Waals surface area contributed by atoms with Gasteiger partial charge in [-0.25, -0.2) is 4.79 Å². The standard InChI is InChI=1S/C17H27N3O2/c1-17(2,3)22-16(21)14-7-6-13(12-15(14)18)20-9-5-8-19(4)10-11-20/h6-7,12H,5,8-11,18H2,1-4H3. The molecule has 1 aliphatic heterocycles. The Labute approximate surface area is 133 Å². The Hall–Kier alpha value is -1.75. The van der Waals surface area contributed by atoms with Crippen molar-refractivity contribution in [2.75, 3.05) is 43.9 Å². The van der Waals surface area contributed by atoms with E-state index in [1.54, 1.807) is 6.07 Å². The molecule has 5 heteroatoms. The first-order valence-electron chi connectivity index (χ1n) is 7.82. The van der Waals surface area contributed by atoms with Crippen LogP contribution in [0.4, 0.5) is 11.4 Å². The van der Waals surface area contributed by atoms with Crippen LogP contribution in [0, 0.1) is 0 Å². The molecule has 1 aliphatic rings. The van der Waals surface area contributed by atoms with Crippen molar-refractivity contribution in [2.45, 2.75) is 32.8 Å². The maximum atomic E-state index is 12.1. The first-order chi connectivity index (χ1) is 10.3. The molecular formula is C17H27N3O2. The molecule has 0 radical (unpaired) electrons. The molecule has 1 heterocycles. The summed E-state index contributed by atoms with van der Waals surface area (Å²) >= 11 is 0. The number of hydrogen-bond donors (Lipinski definition) is 1. The van der Waals surface area contributed by atoms with Crippen LogP contribution in [0.3, 0.4) is 0 Å². The first kappa shape index (κ1) is 16.6. The van der Waals surface area contributed by atoms with Crippen LogP contribution in [-0.4, -0.2) is 49.7 Å². The molecule has 0 atom stereocenters. The molecule has 0 aromatic heterocycles. The van der Waals surface area contributed by atoms with Crippen LogP contribution >= 0.6 is 0 Å². The number of carbonyl (C=O) groups is 1. The highest BCUT2D eigenvalue weighted by Gasteiger charge is 2.21. The molecule has 0 saturated carbocycles. The van der Waals surface area contributed by atoms with E-state index in [1.807, 2.05) is 32.9 Å². The minimum atomic E-state index is -0.516. The molecule has 1 saturated heterocycles. The molecule has 122 valence electrons. The predicted molar refractivity (Wildman–Crippen MR) is 90.3 cm³/mol. The molecule has 0 unspecified atom stereocenters. The fraction of sp³-hybridized carbons (Fsp3) is 0.588. The summed E-state index contributed by atoms with van der Waals surface area (Å²) in [6.07, 6.45) is 1.13. The van der Waals surface area contributed by atoms with Crippen LogP contribution in [0.15, 0.2) is 18.2 Å². The van der Waals surface area contributed by atoms with Crippen LogP contribution in [0.1, 0.15) is 37.6 Å². The SMILES string of the molecule is CN1CCCN(c2ccc(C(=O)OC(C)(C)C)c(N)c2)CC1. The first-order valence-corrected chi connectivity index (χ1v) is 7.82. The van der Waals surface area contributed by atoms with Gasteiger partial charge in [0.05, 0.1) is 5.56 Å². The minimum Gasteiger partial charge on any atom is -0.456 e. The topological polar surface area (TPSA) is 58.8 Å². The van der Waals surface area contributed by atoms with Crippen molar-refractivity contribution in [3.05, 3.63) is 23.8 Å². The number of esters is 1. The van der Waals surface area contributed by atoms with Crippen LogP contribution in [-0.2, 0) is 4.74 Å². The van der Waals surface area contributed by atoms with Crippen LogP contribution in [0.5, 0.6) is 0 Å². The summed E-state index contributed by atoms with van der Waals surface area (Å²) in [5.74, 6) is -0.368. The van der Waals surface area contributed by atoms with Crippen molar-refractivity contribution < 1.29 is 9.53 Å². The van der Waals surface area contributed by atoms with Gasteiger partial charge < -0.3 is 20.3 Å². The Balaban J connectivity index is 2.14. The fourth-order valence-electron chi connectivity index (χ4n) is 2.57. The van der Waals surface area contributed by atoms with Gasteiger partial charge in [-0.05, 0) is 59.0 Å². The lowest BCUT2D eigenvalue weighted by Crippen LogP contribution is -2.29. The second-order valence-corrected chi connectivity index (χ2v) is 6.92. The summed E-state index contributed by atoms with van der Waals surface area (Å²) in [5, 5.41) is 0. The lowest BCUT2D eigenvalue weighted by atomic mass is 10.1. The molecular weight excluding hydrogens is 278 g/mol. The number of nitrogens with two attached hydrogens (primary N) is 1. The average Bonchev–Trinajstić information content (AvgIpc) is 2.61. The largest absolute Gasteiger partial charge is 0.456 e. The highest BCUT2D eigenvalue weighted by molar-refractivity contribution is 5.96. The quantitative estimate of drug-likeness (QED) is 0.671. The molecule has 0 bridgehead atoms. The molecule has 1 aromatic rings. The Morgan fingerprint density at radius 1 is 1.18 bits per heavy atom. The average molecular weight is 305 g/mol. The number of rotatable bonds is 2. The van der Waals surface area contributed by atoms with Gasteiger partial charge in [0.25, 0.3) is 0 Å². The summed E-state index contributed by atoms with van der Waals surface area (Å²) in [6, 6.07) is 5.61. The molecule has 22 heavy (non-hydrogen) atoms. The second kappa shape index (κ2) is 6.57. The van der Waals surface area contributed by atoms with E-state index >= 15 is 0 Å². The lowest BCUT2D eigenvalue weighted by Gasteiger charge is -2.24. The van der Waals surface area contributed by atoms with Gasteiger partial charge in [-0.15, -0.1) is 0 Å². The van der Waals surface area contributed by atoms with Gasteiger partial charge in [-0.1, -0.05) is 0 Å². The van der Waals surface area contributed by atoms with E-state index in [0.717, 1.165) is 38.3 Å². The van der Waals surface area contributed by atoms with Crippen molar-refractivity contribution in [1.82, 2.24) is 4.90 Å². The van der Waals surface area contributed by atoms with E-state index in [1.165, 1.54) is 0 Å². The lowest BCUT2D eigenvalue weighted by molar-refractivity contribution is 0.00708. The Bertz CT molecular complexity index is 537. The summed E-state index contributed by atoms with van der Waals surface area (Å²) < 4.78 is 5.38. The second-order valence-electron chi connectivity index (χ2n) is 6.92. The summed E-state index contributed by atoms with van der Waals surface area (Å²) in [7, 11) is 2.14. The highest BCUT2D eigenvalue weighted by Crippen LogP contribution is 2.24. The fourth-order valence-corrected chi connectivity index (χ4v) is 2.57. The number of carbonyl (C=O) groups excluding carboxylic acids is 1. The maximum Gasteiger partial charge on any atom is 0.340 e. The third-order valence-electron chi connectivity index (χ3n) is 3.74. The van der Waals surface area contributed by atoms with E-state index in [0.29, 0.717) is 11.3 Å². The number of nitrogens with zero attached hydrogens (tertiary/aromatic N) is 2. The monoisotopic (exact) mass is 305 g/mol. The summed E-state index contributed by atoms with van der Waals surface area (Å²) in [6.45, 7) is 9.68. The summed E-state index contributed by atoms with van der Waals surface area (Å²) in [4.78, 5) is 16.8. The van der Waals surface area contributed by atoms with Crippen molar-refractivity contribution in [3.8, 4) is 0 Å². The zero-order valence-electron chi connectivity index (χ0n) is 14.1. The highest BCUT2D eigenvalue weighted by atomic mass is 16.6. The van der Waals surface area contributed by atoms with Gasteiger partial charge in [-0.2, -0.15) is 0 Å². The zero-order valence-corrected chi connectivity index (χ0v) is 14.1. The Morgan fingerprint density at radius 2 is 1.91 bits per heavy atom. The van der Waals surface area contributed by atoms with Gasteiger partial charge in [0, 0.05) is 31.0 Å². The predicted octanol–water partition coefficient (Wildman–Crippen LogP) is 2.37. The van der Waals surface area contributed by atoms with Gasteiger partial charge in [0.1, 0.15) is 5.60 Å². The van der Waals surface area contributed by atoms with E-state index < -0.39 is 5.60 Å². The number of likely N-dealkylation sites (N-methyl/N-ethyl adjacent to an activating group) is 1. The van der Waals surface area contributed by atoms with E-state index in [-0.39, 0.29) is 5.97 Å². The van der Waals surface area contributed by atoms with Gasteiger partial charge in [0.15, 0.2) is 0 Å². The number of nitrogen functional groups attached to an aromatic ring is 1. The molecule has 0 amide bonds. The van der Waals surface area contributed by atoms with Crippen molar-refractivity contribution in [3.63, 3.8) is 0 Å². The van der Waals surface area contributed by atoms with Crippen LogP contribution < -0.4 is 10.6 Å². The molecule has 2 N–H and O–H groups in total.